The Kier molecular flexibility index (Phi) is 17.8. The van der Waals surface area contributed by atoms with Crippen molar-refractivity contribution >= 4 is 45.4 Å². The third kappa shape index (κ3) is 12.0. The molecule has 0 aliphatic carbocycles. The number of carbonyl (C=O) groups is 3. The molecule has 72 heavy (non-hydrogen) atoms. The molecule has 1 unspecified atom stereocenters. The number of ketones is 2. The van der Waals surface area contributed by atoms with E-state index >= 15 is 0 Å². The number of H-pyrrole nitrogens is 1. The molecule has 8 aromatic rings. The van der Waals surface area contributed by atoms with Gasteiger partial charge >= 0.3 is 0 Å². The number of ether oxygens (including phenoxy) is 1. The number of aryl methyl sites for hydroxylation is 1. The molecule has 0 bridgehead atoms. The maximum Gasteiger partial charge on any atom is 0.258 e. The lowest BCUT2D eigenvalue weighted by Crippen LogP contribution is -2.39. The molecular formula is C65H72N2O4S. The number of thiophene rings is 1. The van der Waals surface area contributed by atoms with Crippen molar-refractivity contribution < 1.29 is 19.1 Å². The number of aromatic amines is 1. The molecule has 10 rings (SSSR count). The maximum atomic E-state index is 12.3. The molecule has 6 aromatic carbocycles. The van der Waals surface area contributed by atoms with Gasteiger partial charge in [-0.05, 0) is 106 Å². The van der Waals surface area contributed by atoms with E-state index in [1.807, 2.05) is 138 Å². The van der Waals surface area contributed by atoms with Crippen LogP contribution in [0.5, 0.6) is 0 Å². The average Bonchev–Trinajstić information content (AvgIpc) is 4.18. The molecule has 0 fully saturated rings. The number of aromatic nitrogens is 1. The van der Waals surface area contributed by atoms with Crippen LogP contribution in [0, 0.1) is 5.92 Å². The summed E-state index contributed by atoms with van der Waals surface area (Å²) in [5.74, 6) is 2.30. The minimum Gasteiger partial charge on any atom is -0.368 e. The average molecular weight is 977 g/mol. The van der Waals surface area contributed by atoms with E-state index in [4.69, 9.17) is 4.74 Å². The molecule has 372 valence electrons. The van der Waals surface area contributed by atoms with E-state index in [1.165, 1.54) is 55.8 Å². The fourth-order valence-electron chi connectivity index (χ4n) is 9.65. The zero-order valence-corrected chi connectivity index (χ0v) is 44.7. The summed E-state index contributed by atoms with van der Waals surface area (Å²) in [6, 6.07) is 51.7. The van der Waals surface area contributed by atoms with E-state index < -0.39 is 0 Å². The molecule has 7 heteroatoms. The van der Waals surface area contributed by atoms with Gasteiger partial charge in [0.15, 0.2) is 5.78 Å². The van der Waals surface area contributed by atoms with Crippen LogP contribution in [-0.2, 0) is 29.7 Å². The van der Waals surface area contributed by atoms with E-state index in [9.17, 15) is 14.4 Å². The Labute approximate surface area is 432 Å². The number of carbonyl (C=O) groups excluding carboxylic acids is 3. The van der Waals surface area contributed by atoms with Crippen molar-refractivity contribution in [3.8, 4) is 0 Å². The Balaban J connectivity index is 0.000000141. The topological polar surface area (TPSA) is 79.5 Å². The molecule has 2 aliphatic rings. The highest BCUT2D eigenvalue weighted by Gasteiger charge is 2.41. The smallest absolute Gasteiger partial charge is 0.258 e. The van der Waals surface area contributed by atoms with Crippen molar-refractivity contribution in [2.24, 2.45) is 5.92 Å². The monoisotopic (exact) mass is 977 g/mol. The van der Waals surface area contributed by atoms with Crippen LogP contribution in [0.1, 0.15) is 174 Å². The first kappa shape index (κ1) is 53.1. The lowest BCUT2D eigenvalue weighted by atomic mass is 9.80. The van der Waals surface area contributed by atoms with E-state index in [0.717, 1.165) is 64.3 Å². The third-order valence-corrected chi connectivity index (χ3v) is 15.0. The second-order valence-electron chi connectivity index (χ2n) is 20.0. The van der Waals surface area contributed by atoms with E-state index in [-0.39, 0.29) is 23.1 Å². The van der Waals surface area contributed by atoms with Gasteiger partial charge in [-0.15, -0.1) is 11.3 Å². The number of hydrogen-bond acceptors (Lipinski definition) is 5. The molecular weight excluding hydrogens is 905 g/mol. The molecule has 1 atom stereocenters. The van der Waals surface area contributed by atoms with Gasteiger partial charge in [-0.3, -0.25) is 14.4 Å². The quantitative estimate of drug-likeness (QED) is 0.131. The maximum absolute atomic E-state index is 12.3. The zero-order chi connectivity index (χ0) is 51.5. The number of amides is 1. The van der Waals surface area contributed by atoms with E-state index in [1.54, 1.807) is 0 Å². The predicted molar refractivity (Wildman–Crippen MR) is 300 cm³/mol. The normalized spacial score (nSPS) is 14.8. The Morgan fingerprint density at radius 1 is 0.625 bits per heavy atom. The number of fused-ring (bicyclic) bond motifs is 4. The summed E-state index contributed by atoms with van der Waals surface area (Å²) in [5, 5.41) is 3.33. The second-order valence-corrected chi connectivity index (χ2v) is 21.0. The number of nitrogens with zero attached hydrogens (tertiary/aromatic N) is 1. The fourth-order valence-corrected chi connectivity index (χ4v) is 10.3. The molecule has 2 aromatic heterocycles. The molecule has 0 saturated heterocycles. The number of hydrogen-bond donors (Lipinski definition) is 1. The van der Waals surface area contributed by atoms with Gasteiger partial charge in [-0.1, -0.05) is 203 Å². The molecule has 2 aliphatic heterocycles. The van der Waals surface area contributed by atoms with Crippen molar-refractivity contribution in [1.82, 2.24) is 4.98 Å². The van der Waals surface area contributed by atoms with Gasteiger partial charge in [0.2, 0.25) is 5.78 Å². The van der Waals surface area contributed by atoms with Gasteiger partial charge in [0.1, 0.15) is 5.60 Å². The van der Waals surface area contributed by atoms with Crippen molar-refractivity contribution in [1.29, 1.82) is 0 Å². The number of anilines is 1. The number of benzene rings is 6. The summed E-state index contributed by atoms with van der Waals surface area (Å²) in [5.41, 5.74) is 14.4. The van der Waals surface area contributed by atoms with Crippen molar-refractivity contribution in [3.63, 3.8) is 0 Å². The molecule has 0 saturated carbocycles. The van der Waals surface area contributed by atoms with Crippen LogP contribution in [0.2, 0.25) is 0 Å². The van der Waals surface area contributed by atoms with Crippen LogP contribution in [-0.4, -0.2) is 29.1 Å². The van der Waals surface area contributed by atoms with Crippen LogP contribution in [0.4, 0.5) is 5.69 Å². The Bertz CT molecular complexity index is 3040. The molecule has 1 N–H and O–H groups in total. The van der Waals surface area contributed by atoms with E-state index in [2.05, 4.69) is 105 Å². The Morgan fingerprint density at radius 3 is 1.71 bits per heavy atom. The predicted octanol–water partition coefficient (Wildman–Crippen LogP) is 16.7. The van der Waals surface area contributed by atoms with Gasteiger partial charge in [-0.25, -0.2) is 0 Å². The number of rotatable bonds is 11. The molecule has 0 radical (unpaired) electrons. The Hall–Kier alpha value is -6.67. The van der Waals surface area contributed by atoms with Crippen LogP contribution >= 0.6 is 11.3 Å². The summed E-state index contributed by atoms with van der Waals surface area (Å²) in [6.45, 7) is 23.4. The summed E-state index contributed by atoms with van der Waals surface area (Å²) >= 11 is 1.49. The summed E-state index contributed by atoms with van der Waals surface area (Å²) in [4.78, 5) is 42.8. The van der Waals surface area contributed by atoms with Gasteiger partial charge < -0.3 is 14.6 Å². The molecule has 6 nitrogen and oxygen atoms in total. The minimum atomic E-state index is -0.141. The minimum absolute atomic E-state index is 0.0842. The van der Waals surface area contributed by atoms with Crippen LogP contribution in [0.3, 0.4) is 0 Å². The Morgan fingerprint density at radius 2 is 1.18 bits per heavy atom. The fraction of sp³-hybridized carbons (Fsp3) is 0.308. The summed E-state index contributed by atoms with van der Waals surface area (Å²) in [7, 11) is 0. The largest absolute Gasteiger partial charge is 0.368 e. The first-order valence-corrected chi connectivity index (χ1v) is 26.7. The van der Waals surface area contributed by atoms with Gasteiger partial charge in [0, 0.05) is 38.8 Å². The second kappa shape index (κ2) is 24.2. The summed E-state index contributed by atoms with van der Waals surface area (Å²) < 4.78 is 6.27. The first-order chi connectivity index (χ1) is 34.7. The standard InChI is InChI=1S/C18H25NO.C17H17NO.C16H16O.C14H14OS/c1-5-13-8-7-9-14-15-10-11-20-18(6-2,12(3)4)17(15)19-16(13)14;1-12(2)13-7-9-15(10-8-13)18-11-14-5-3-4-6-16(14)17(18)19;1-12(2)13-8-10-15(11-9-13)16(17)14-6-4-3-5-7-14;1-10(2)11-5-7-12(8-6-11)14(15)13-4-3-9-16-13/h7-9,12,19H,5-6,10-11H2,1-4H3;3-10,12H,11H2,1-2H3;3-12H,1-2H3;3-10H,1-2H3. The van der Waals surface area contributed by atoms with Gasteiger partial charge in [-0.2, -0.15) is 0 Å². The lowest BCUT2D eigenvalue weighted by molar-refractivity contribution is -0.0986. The van der Waals surface area contributed by atoms with Crippen molar-refractivity contribution in [2.75, 3.05) is 11.5 Å². The van der Waals surface area contributed by atoms with Crippen LogP contribution in [0.15, 0.2) is 163 Å². The van der Waals surface area contributed by atoms with Crippen LogP contribution in [0.25, 0.3) is 10.9 Å². The van der Waals surface area contributed by atoms with Crippen molar-refractivity contribution in [2.45, 2.75) is 118 Å². The number of nitrogens with one attached hydrogen (secondary N) is 1. The highest BCUT2D eigenvalue weighted by Crippen LogP contribution is 2.44. The first-order valence-electron chi connectivity index (χ1n) is 25.8. The lowest BCUT2D eigenvalue weighted by Gasteiger charge is -2.40. The molecule has 0 spiro atoms. The molecule has 4 heterocycles. The van der Waals surface area contributed by atoms with Crippen LogP contribution < -0.4 is 4.90 Å². The SMILES string of the molecule is CC(C)c1ccc(C(=O)c2ccccc2)cc1.CC(C)c1ccc(C(=O)c2cccs2)cc1.CC(C)c1ccc(N2Cc3ccccc3C2=O)cc1.CCc1cccc2c3c([nH]c12)C(CC)(C(C)C)OCC3. The zero-order valence-electron chi connectivity index (χ0n) is 43.9. The molecule has 1 amide bonds. The highest BCUT2D eigenvalue weighted by molar-refractivity contribution is 7.12. The van der Waals surface area contributed by atoms with E-state index in [0.29, 0.717) is 30.2 Å². The summed E-state index contributed by atoms with van der Waals surface area (Å²) in [6.07, 6.45) is 3.11. The number of para-hydroxylation sites is 1. The van der Waals surface area contributed by atoms with Gasteiger partial charge in [0.25, 0.3) is 5.91 Å². The highest BCUT2D eigenvalue weighted by atomic mass is 32.1. The van der Waals surface area contributed by atoms with Gasteiger partial charge in [0.05, 0.1) is 23.7 Å². The van der Waals surface area contributed by atoms with Crippen molar-refractivity contribution in [3.05, 3.63) is 229 Å². The third-order valence-electron chi connectivity index (χ3n) is 14.2.